The molecule has 0 saturated carbocycles. The molecule has 0 radical (unpaired) electrons. The monoisotopic (exact) mass is 174 g/mol. The van der Waals surface area contributed by atoms with Crippen LogP contribution in [0.25, 0.3) is 0 Å². The number of methoxy groups -OCH3 is 1. The summed E-state index contributed by atoms with van der Waals surface area (Å²) in [6.45, 7) is -0.0969. The van der Waals surface area contributed by atoms with Crippen molar-refractivity contribution in [2.45, 2.75) is 0 Å². The summed E-state index contributed by atoms with van der Waals surface area (Å²) in [5, 5.41) is 0. The van der Waals surface area contributed by atoms with Gasteiger partial charge in [-0.2, -0.15) is 0 Å². The minimum absolute atomic E-state index is 0.0969. The number of rotatable bonds is 3. The number of hydrogen-bond donors (Lipinski definition) is 0. The van der Waals surface area contributed by atoms with Crippen LogP contribution in [0.4, 0.5) is 8.78 Å². The average Bonchev–Trinajstić information content (AvgIpc) is 2.07. The molecule has 12 heavy (non-hydrogen) atoms. The molecule has 1 rings (SSSR count). The second kappa shape index (κ2) is 4.01. The van der Waals surface area contributed by atoms with E-state index in [1.54, 1.807) is 0 Å². The van der Waals surface area contributed by atoms with Gasteiger partial charge in [-0.3, -0.25) is 0 Å². The Kier molecular flexibility index (Phi) is 2.99. The van der Waals surface area contributed by atoms with Gasteiger partial charge >= 0.3 is 0 Å². The van der Waals surface area contributed by atoms with Crippen molar-refractivity contribution in [2.24, 2.45) is 0 Å². The SMILES string of the molecule is COCOc1cc(F)ccc1F. The lowest BCUT2D eigenvalue weighted by Crippen LogP contribution is -2.00. The van der Waals surface area contributed by atoms with Gasteiger partial charge < -0.3 is 9.47 Å². The van der Waals surface area contributed by atoms with E-state index in [0.29, 0.717) is 0 Å². The van der Waals surface area contributed by atoms with Crippen molar-refractivity contribution in [3.05, 3.63) is 29.8 Å². The van der Waals surface area contributed by atoms with Crippen molar-refractivity contribution < 1.29 is 18.3 Å². The standard InChI is InChI=1S/C8H8F2O2/c1-11-5-12-8-4-6(9)2-3-7(8)10/h2-4H,5H2,1H3. The number of ether oxygens (including phenoxy) is 2. The smallest absolute Gasteiger partial charge is 0.188 e. The second-order valence-corrected chi connectivity index (χ2v) is 2.13. The Bertz CT molecular complexity index is 263. The highest BCUT2D eigenvalue weighted by molar-refractivity contribution is 5.24. The van der Waals surface area contributed by atoms with Crippen LogP contribution in [0, 0.1) is 11.6 Å². The lowest BCUT2D eigenvalue weighted by molar-refractivity contribution is 0.0480. The molecule has 0 aliphatic heterocycles. The van der Waals surface area contributed by atoms with Gasteiger partial charge in [0.05, 0.1) is 0 Å². The molecule has 0 amide bonds. The first-order valence-corrected chi connectivity index (χ1v) is 3.31. The Labute approximate surface area is 68.7 Å². The Balaban J connectivity index is 2.75. The molecule has 0 aliphatic carbocycles. The molecule has 66 valence electrons. The molecule has 0 bridgehead atoms. The van der Waals surface area contributed by atoms with Crippen LogP contribution in [-0.2, 0) is 4.74 Å². The molecule has 0 aromatic heterocycles. The molecule has 0 atom stereocenters. The lowest BCUT2D eigenvalue weighted by atomic mass is 10.3. The third-order valence-corrected chi connectivity index (χ3v) is 1.23. The van der Waals surface area contributed by atoms with Gasteiger partial charge in [0.15, 0.2) is 18.4 Å². The van der Waals surface area contributed by atoms with Crippen molar-refractivity contribution in [1.82, 2.24) is 0 Å². The predicted octanol–water partition coefficient (Wildman–Crippen LogP) is 1.95. The first-order chi connectivity index (χ1) is 5.74. The molecule has 0 unspecified atom stereocenters. The van der Waals surface area contributed by atoms with Crippen LogP contribution in [0.2, 0.25) is 0 Å². The van der Waals surface area contributed by atoms with E-state index in [1.165, 1.54) is 7.11 Å². The minimum Gasteiger partial charge on any atom is -0.464 e. The highest BCUT2D eigenvalue weighted by atomic mass is 19.1. The van der Waals surface area contributed by atoms with Crippen LogP contribution < -0.4 is 4.74 Å². The van der Waals surface area contributed by atoms with Gasteiger partial charge in [-0.1, -0.05) is 0 Å². The zero-order valence-corrected chi connectivity index (χ0v) is 6.51. The molecule has 1 aromatic rings. The summed E-state index contributed by atoms with van der Waals surface area (Å²) < 4.78 is 34.5. The van der Waals surface area contributed by atoms with E-state index in [9.17, 15) is 8.78 Å². The maximum atomic E-state index is 12.7. The van der Waals surface area contributed by atoms with E-state index in [-0.39, 0.29) is 12.5 Å². The summed E-state index contributed by atoms with van der Waals surface area (Å²) in [6, 6.07) is 2.99. The number of hydrogen-bond acceptors (Lipinski definition) is 2. The first kappa shape index (κ1) is 8.93. The first-order valence-electron chi connectivity index (χ1n) is 3.31. The fraction of sp³-hybridized carbons (Fsp3) is 0.250. The fourth-order valence-electron chi connectivity index (χ4n) is 0.710. The molecule has 0 heterocycles. The quantitative estimate of drug-likeness (QED) is 0.652. The van der Waals surface area contributed by atoms with Crippen LogP contribution >= 0.6 is 0 Å². The minimum atomic E-state index is -0.603. The van der Waals surface area contributed by atoms with Crippen LogP contribution in [-0.4, -0.2) is 13.9 Å². The van der Waals surface area contributed by atoms with Gasteiger partial charge in [0.1, 0.15) is 5.82 Å². The van der Waals surface area contributed by atoms with Crippen LogP contribution in [0.3, 0.4) is 0 Å². The zero-order chi connectivity index (χ0) is 8.97. The Morgan fingerprint density at radius 2 is 2.08 bits per heavy atom. The van der Waals surface area contributed by atoms with Gasteiger partial charge in [0.2, 0.25) is 0 Å². The average molecular weight is 174 g/mol. The number of benzene rings is 1. The van der Waals surface area contributed by atoms with Crippen LogP contribution in [0.5, 0.6) is 5.75 Å². The van der Waals surface area contributed by atoms with Gasteiger partial charge in [0.25, 0.3) is 0 Å². The molecule has 2 nitrogen and oxygen atoms in total. The molecule has 0 fully saturated rings. The van der Waals surface area contributed by atoms with Crippen LogP contribution in [0.15, 0.2) is 18.2 Å². The normalized spacial score (nSPS) is 9.92. The van der Waals surface area contributed by atoms with Crippen molar-refractivity contribution in [1.29, 1.82) is 0 Å². The van der Waals surface area contributed by atoms with Crippen LogP contribution in [0.1, 0.15) is 0 Å². The van der Waals surface area contributed by atoms with E-state index in [0.717, 1.165) is 18.2 Å². The summed E-state index contributed by atoms with van der Waals surface area (Å²) in [5.74, 6) is -1.28. The van der Waals surface area contributed by atoms with Gasteiger partial charge in [-0.15, -0.1) is 0 Å². The van der Waals surface area contributed by atoms with E-state index < -0.39 is 11.6 Å². The Hall–Kier alpha value is -1.16. The molecule has 1 aromatic carbocycles. The lowest BCUT2D eigenvalue weighted by Gasteiger charge is -2.04. The summed E-state index contributed by atoms with van der Waals surface area (Å²) in [6.07, 6.45) is 0. The van der Waals surface area contributed by atoms with Crippen molar-refractivity contribution >= 4 is 0 Å². The Morgan fingerprint density at radius 3 is 2.75 bits per heavy atom. The second-order valence-electron chi connectivity index (χ2n) is 2.13. The number of halogens is 2. The Morgan fingerprint density at radius 1 is 1.33 bits per heavy atom. The van der Waals surface area contributed by atoms with Gasteiger partial charge in [-0.25, -0.2) is 8.78 Å². The largest absolute Gasteiger partial charge is 0.464 e. The molecule has 0 spiro atoms. The zero-order valence-electron chi connectivity index (χ0n) is 6.51. The topological polar surface area (TPSA) is 18.5 Å². The summed E-state index contributed by atoms with van der Waals surface area (Å²) in [5.41, 5.74) is 0. The summed E-state index contributed by atoms with van der Waals surface area (Å²) in [7, 11) is 1.40. The molecule has 4 heteroatoms. The molecular formula is C8H8F2O2. The molecular weight excluding hydrogens is 166 g/mol. The van der Waals surface area contributed by atoms with Crippen molar-refractivity contribution in [3.8, 4) is 5.75 Å². The van der Waals surface area contributed by atoms with E-state index in [4.69, 9.17) is 4.74 Å². The fourth-order valence-corrected chi connectivity index (χ4v) is 0.710. The summed E-state index contributed by atoms with van der Waals surface area (Å²) >= 11 is 0. The van der Waals surface area contributed by atoms with E-state index in [1.807, 2.05) is 0 Å². The predicted molar refractivity (Wildman–Crippen MR) is 38.9 cm³/mol. The molecule has 0 N–H and O–H groups in total. The van der Waals surface area contributed by atoms with Crippen molar-refractivity contribution in [3.63, 3.8) is 0 Å². The van der Waals surface area contributed by atoms with E-state index in [2.05, 4.69) is 4.74 Å². The van der Waals surface area contributed by atoms with Gasteiger partial charge in [-0.05, 0) is 12.1 Å². The maximum Gasteiger partial charge on any atom is 0.188 e. The molecule has 0 aliphatic rings. The highest BCUT2D eigenvalue weighted by Gasteiger charge is 2.03. The third kappa shape index (κ3) is 2.17. The highest BCUT2D eigenvalue weighted by Crippen LogP contribution is 2.17. The summed E-state index contributed by atoms with van der Waals surface area (Å²) in [4.78, 5) is 0. The molecule has 0 saturated heterocycles. The maximum absolute atomic E-state index is 12.7. The van der Waals surface area contributed by atoms with Crippen molar-refractivity contribution in [2.75, 3.05) is 13.9 Å². The van der Waals surface area contributed by atoms with E-state index >= 15 is 0 Å². The van der Waals surface area contributed by atoms with Gasteiger partial charge in [0, 0.05) is 13.2 Å². The third-order valence-electron chi connectivity index (χ3n) is 1.23.